The first-order chi connectivity index (χ1) is 7.54. The van der Waals surface area contributed by atoms with Crippen LogP contribution in [0.2, 0.25) is 6.04 Å². The third-order valence-electron chi connectivity index (χ3n) is 2.38. The Hall–Kier alpha value is 0.284. The molecule has 0 saturated heterocycles. The summed E-state index contributed by atoms with van der Waals surface area (Å²) in [6.07, 6.45) is 0.799. The molecule has 0 aromatic heterocycles. The van der Waals surface area contributed by atoms with Crippen LogP contribution in [-0.4, -0.2) is 16.0 Å². The highest BCUT2D eigenvalue weighted by atomic mass is 35.8. The van der Waals surface area contributed by atoms with Gasteiger partial charge in [0.15, 0.2) is 0 Å². The topological polar surface area (TPSA) is 18.5 Å². The molecule has 7 heteroatoms. The number of halogens is 3. The highest BCUT2D eigenvalue weighted by Gasteiger charge is 2.24. The Morgan fingerprint density at radius 2 is 2.12 bits per heavy atom. The number of rotatable bonds is 3. The van der Waals surface area contributed by atoms with Crippen LogP contribution in [-0.2, 0) is 17.5 Å². The molecule has 0 unspecified atom stereocenters. The highest BCUT2D eigenvalue weighted by Crippen LogP contribution is 2.29. The molecule has 1 aliphatic heterocycles. The van der Waals surface area contributed by atoms with Gasteiger partial charge < -0.3 is 8.85 Å². The summed E-state index contributed by atoms with van der Waals surface area (Å²) in [6.45, 7) is 0.653. The summed E-state index contributed by atoms with van der Waals surface area (Å²) in [5.74, 6) is 0.952. The van der Waals surface area contributed by atoms with Crippen LogP contribution in [0.15, 0.2) is 18.2 Å². The summed E-state index contributed by atoms with van der Waals surface area (Å²) in [7, 11) is -0.803. The molecule has 0 bridgehead atoms. The Balaban J connectivity index is 2.06. The number of aryl methyl sites for hydroxylation is 1. The van der Waals surface area contributed by atoms with E-state index in [-0.39, 0.29) is 0 Å². The first kappa shape index (κ1) is 12.7. The molecule has 1 heterocycles. The van der Waals surface area contributed by atoms with Crippen molar-refractivity contribution in [2.45, 2.75) is 19.1 Å². The first-order valence-corrected chi connectivity index (χ1v) is 11.3. The zero-order chi connectivity index (χ0) is 11.6. The van der Waals surface area contributed by atoms with Crippen molar-refractivity contribution in [3.05, 3.63) is 29.3 Å². The van der Waals surface area contributed by atoms with Gasteiger partial charge in [0.25, 0.3) is 0 Å². The van der Waals surface area contributed by atoms with Gasteiger partial charge in [0.1, 0.15) is 5.75 Å². The van der Waals surface area contributed by atoms with Gasteiger partial charge in [-0.1, -0.05) is 6.07 Å². The fourth-order valence-electron chi connectivity index (χ4n) is 1.58. The van der Waals surface area contributed by atoms with Crippen LogP contribution in [0.1, 0.15) is 11.1 Å². The number of hydrogen-bond acceptors (Lipinski definition) is 2. The van der Waals surface area contributed by atoms with E-state index in [0.717, 1.165) is 17.7 Å². The van der Waals surface area contributed by atoms with E-state index in [1.54, 1.807) is 0 Å². The lowest BCUT2D eigenvalue weighted by molar-refractivity contribution is 0.252. The average molecular weight is 314 g/mol. The Morgan fingerprint density at radius 1 is 1.31 bits per heavy atom. The van der Waals surface area contributed by atoms with Gasteiger partial charge in [-0.2, -0.15) is 0 Å². The van der Waals surface area contributed by atoms with Gasteiger partial charge in [-0.3, -0.25) is 0 Å². The van der Waals surface area contributed by atoms with Crippen molar-refractivity contribution in [2.24, 2.45) is 0 Å². The van der Waals surface area contributed by atoms with Crippen molar-refractivity contribution in [1.82, 2.24) is 0 Å². The van der Waals surface area contributed by atoms with Crippen LogP contribution in [0.5, 0.6) is 5.75 Å². The average Bonchev–Trinajstić information content (AvgIpc) is 2.25. The molecule has 16 heavy (non-hydrogen) atoms. The maximum atomic E-state index is 5.85. The quantitative estimate of drug-likeness (QED) is 0.631. The first-order valence-electron chi connectivity index (χ1n) is 4.94. The van der Waals surface area contributed by atoms with Crippen LogP contribution < -0.4 is 4.43 Å². The molecule has 2 rings (SSSR count). The van der Waals surface area contributed by atoms with E-state index >= 15 is 0 Å². The van der Waals surface area contributed by atoms with Gasteiger partial charge in [-0.25, -0.2) is 0 Å². The van der Waals surface area contributed by atoms with Crippen LogP contribution in [0, 0.1) is 0 Å². The van der Waals surface area contributed by atoms with Crippen molar-refractivity contribution in [3.63, 3.8) is 0 Å². The van der Waals surface area contributed by atoms with Gasteiger partial charge in [0, 0.05) is 5.56 Å². The van der Waals surface area contributed by atoms with Crippen LogP contribution in [0.3, 0.4) is 0 Å². The number of hydrogen-bond donors (Lipinski definition) is 0. The zero-order valence-corrected chi connectivity index (χ0v) is 13.2. The van der Waals surface area contributed by atoms with Crippen molar-refractivity contribution in [2.75, 3.05) is 0 Å². The van der Waals surface area contributed by atoms with Gasteiger partial charge in [-0.15, -0.1) is 33.2 Å². The Labute approximate surface area is 112 Å². The number of fused-ring (bicyclic) bond motifs is 1. The van der Waals surface area contributed by atoms with Gasteiger partial charge in [0.2, 0.25) is 0 Å². The summed E-state index contributed by atoms with van der Waals surface area (Å²) < 4.78 is 10.8. The predicted octanol–water partition coefficient (Wildman–Crippen LogP) is 2.79. The van der Waals surface area contributed by atoms with E-state index in [0.29, 0.717) is 12.7 Å². The molecule has 88 valence electrons. The van der Waals surface area contributed by atoms with E-state index in [1.165, 1.54) is 5.56 Å². The lowest BCUT2D eigenvalue weighted by Crippen LogP contribution is -2.15. The molecule has 0 spiro atoms. The van der Waals surface area contributed by atoms with Crippen LogP contribution in [0.25, 0.3) is 0 Å². The minimum Gasteiger partial charge on any atom is -0.524 e. The summed E-state index contributed by atoms with van der Waals surface area (Å²) in [6, 6.07) is 4.23. The van der Waals surface area contributed by atoms with Crippen molar-refractivity contribution >= 4 is 49.2 Å². The Bertz CT molecular complexity index is 382. The van der Waals surface area contributed by atoms with E-state index in [4.69, 9.17) is 42.1 Å². The molecule has 1 aromatic carbocycles. The van der Waals surface area contributed by atoms with Crippen LogP contribution in [0.4, 0.5) is 0 Å². The van der Waals surface area contributed by atoms with Gasteiger partial charge >= 0.3 is 16.0 Å². The SMILES string of the molecule is Cl[Si](Cl)(Cl)CCc1ccc2c(c1)CO[SiH2]O2. The third-order valence-corrected chi connectivity index (χ3v) is 5.69. The lowest BCUT2D eigenvalue weighted by Gasteiger charge is -2.18. The minimum atomic E-state index is -2.51. The molecule has 0 saturated carbocycles. The molecule has 1 aliphatic rings. The molecular weight excluding hydrogens is 303 g/mol. The molecule has 0 atom stereocenters. The number of benzene rings is 1. The van der Waals surface area contributed by atoms with E-state index in [2.05, 4.69) is 6.07 Å². The van der Waals surface area contributed by atoms with Gasteiger partial charge in [0.05, 0.1) is 6.61 Å². The monoisotopic (exact) mass is 312 g/mol. The summed E-state index contributed by atoms with van der Waals surface area (Å²) in [4.78, 5) is 0. The van der Waals surface area contributed by atoms with Crippen LogP contribution >= 0.6 is 33.2 Å². The molecule has 0 aliphatic carbocycles. The fourth-order valence-corrected chi connectivity index (χ4v) is 3.80. The molecule has 1 aromatic rings. The Kier molecular flexibility index (Phi) is 4.21. The molecular formula is C9H11Cl3O2Si2. The van der Waals surface area contributed by atoms with Gasteiger partial charge in [-0.05, 0) is 30.2 Å². The lowest BCUT2D eigenvalue weighted by atomic mass is 10.1. The second-order valence-electron chi connectivity index (χ2n) is 3.67. The summed E-state index contributed by atoms with van der Waals surface area (Å²) in [5, 5.41) is 0. The molecule has 0 N–H and O–H groups in total. The molecule has 0 fully saturated rings. The maximum Gasteiger partial charge on any atom is 0.366 e. The van der Waals surface area contributed by atoms with E-state index in [9.17, 15) is 0 Å². The maximum absolute atomic E-state index is 5.85. The predicted molar refractivity (Wildman–Crippen MR) is 72.2 cm³/mol. The molecule has 0 amide bonds. The second kappa shape index (κ2) is 5.29. The molecule has 0 radical (unpaired) electrons. The molecule has 2 nitrogen and oxygen atoms in total. The normalized spacial score (nSPS) is 16.9. The smallest absolute Gasteiger partial charge is 0.366 e. The second-order valence-corrected chi connectivity index (χ2v) is 13.9. The van der Waals surface area contributed by atoms with Crippen molar-refractivity contribution in [3.8, 4) is 5.75 Å². The standard InChI is InChI=1S/C9H11Cl3O2Si2/c10-16(11,12)4-3-7-1-2-9-8(5-7)6-13-15-14-9/h1-2,5H,3-4,6,15H2. The zero-order valence-electron chi connectivity index (χ0n) is 8.51. The largest absolute Gasteiger partial charge is 0.524 e. The third kappa shape index (κ3) is 3.65. The Morgan fingerprint density at radius 3 is 2.88 bits per heavy atom. The van der Waals surface area contributed by atoms with E-state index < -0.39 is 16.0 Å². The summed E-state index contributed by atoms with van der Waals surface area (Å²) in [5.41, 5.74) is 2.27. The summed E-state index contributed by atoms with van der Waals surface area (Å²) >= 11 is 17.6. The fraction of sp³-hybridized carbons (Fsp3) is 0.333. The minimum absolute atomic E-state index is 0.646. The highest BCUT2D eigenvalue weighted by molar-refractivity contribution is 7.64. The van der Waals surface area contributed by atoms with E-state index in [1.807, 2.05) is 12.1 Å². The van der Waals surface area contributed by atoms with Crippen molar-refractivity contribution < 1.29 is 8.85 Å². The van der Waals surface area contributed by atoms with Crippen molar-refractivity contribution in [1.29, 1.82) is 0 Å².